The number of nitrogens with one attached hydrogen (secondary N) is 1. The third-order valence-corrected chi connectivity index (χ3v) is 5.22. The van der Waals surface area contributed by atoms with Gasteiger partial charge in [-0.2, -0.15) is 10.1 Å². The Morgan fingerprint density at radius 2 is 1.86 bits per heavy atom. The van der Waals surface area contributed by atoms with Crippen LogP contribution in [0, 0.1) is 0 Å². The zero-order valence-electron chi connectivity index (χ0n) is 15.8. The molecular weight excluding hydrogens is 366 g/mol. The number of rotatable bonds is 4. The predicted molar refractivity (Wildman–Crippen MR) is 110 cm³/mol. The lowest BCUT2D eigenvalue weighted by molar-refractivity contribution is 0.343. The number of benzene rings is 1. The molecular formula is C21H21N7O. The van der Waals surface area contributed by atoms with Gasteiger partial charge in [-0.25, -0.2) is 4.98 Å². The van der Waals surface area contributed by atoms with E-state index in [1.54, 1.807) is 6.20 Å². The van der Waals surface area contributed by atoms with Crippen LogP contribution in [-0.2, 0) is 0 Å². The number of piperidine rings is 1. The van der Waals surface area contributed by atoms with Crippen molar-refractivity contribution in [3.05, 3.63) is 55.0 Å². The summed E-state index contributed by atoms with van der Waals surface area (Å²) in [6.45, 7) is 2.05. The minimum atomic E-state index is 0.361. The van der Waals surface area contributed by atoms with E-state index in [4.69, 9.17) is 10.3 Å². The van der Waals surface area contributed by atoms with Gasteiger partial charge in [0, 0.05) is 29.1 Å². The molecule has 1 aliphatic heterocycles. The minimum Gasteiger partial charge on any atom is -0.383 e. The van der Waals surface area contributed by atoms with E-state index < -0.39 is 0 Å². The molecule has 1 aromatic carbocycles. The Kier molecular flexibility index (Phi) is 4.53. The molecule has 0 atom stereocenters. The molecule has 5 rings (SSSR count). The SMILES string of the molecule is Nc1ncc(-c2cnn(C3CCNCC3)c2)cc1-c1noc(-c2ccccc2)n1. The highest BCUT2D eigenvalue weighted by Gasteiger charge is 2.18. The average Bonchev–Trinajstić information content (AvgIpc) is 3.46. The second-order valence-electron chi connectivity index (χ2n) is 7.14. The number of hydrogen-bond donors (Lipinski definition) is 2. The number of nitrogens with zero attached hydrogens (tertiary/aromatic N) is 5. The normalized spacial score (nSPS) is 14.9. The van der Waals surface area contributed by atoms with Crippen LogP contribution in [0.3, 0.4) is 0 Å². The van der Waals surface area contributed by atoms with Crippen LogP contribution >= 0.6 is 0 Å². The molecule has 146 valence electrons. The standard InChI is InChI=1S/C21H21N7O/c22-19-18(20-26-21(29-27-20)14-4-2-1-3-5-14)10-15(11-24-19)16-12-25-28(13-16)17-6-8-23-9-7-17/h1-5,10-13,17,23H,6-9H2,(H2,22,24). The van der Waals surface area contributed by atoms with Gasteiger partial charge in [-0.15, -0.1) is 0 Å². The maximum atomic E-state index is 6.11. The molecule has 8 heteroatoms. The summed E-state index contributed by atoms with van der Waals surface area (Å²) >= 11 is 0. The van der Waals surface area contributed by atoms with Crippen LogP contribution in [0.2, 0.25) is 0 Å². The summed E-state index contributed by atoms with van der Waals surface area (Å²) < 4.78 is 7.47. The van der Waals surface area contributed by atoms with Crippen molar-refractivity contribution in [2.75, 3.05) is 18.8 Å². The van der Waals surface area contributed by atoms with Crippen LogP contribution in [-0.4, -0.2) is 38.0 Å². The van der Waals surface area contributed by atoms with Crippen molar-refractivity contribution in [1.82, 2.24) is 30.2 Å². The van der Waals surface area contributed by atoms with Gasteiger partial charge in [0.1, 0.15) is 5.82 Å². The van der Waals surface area contributed by atoms with Gasteiger partial charge in [0.15, 0.2) is 0 Å². The van der Waals surface area contributed by atoms with E-state index in [9.17, 15) is 0 Å². The minimum absolute atomic E-state index is 0.361. The van der Waals surface area contributed by atoms with Gasteiger partial charge >= 0.3 is 0 Å². The average molecular weight is 387 g/mol. The van der Waals surface area contributed by atoms with Crippen molar-refractivity contribution in [3.8, 4) is 34.0 Å². The lowest BCUT2D eigenvalue weighted by Crippen LogP contribution is -2.29. The monoisotopic (exact) mass is 387 g/mol. The molecule has 29 heavy (non-hydrogen) atoms. The molecule has 4 heterocycles. The van der Waals surface area contributed by atoms with E-state index in [0.29, 0.717) is 29.1 Å². The van der Waals surface area contributed by atoms with E-state index in [2.05, 4.69) is 31.7 Å². The van der Waals surface area contributed by atoms with Crippen molar-refractivity contribution >= 4 is 5.82 Å². The smallest absolute Gasteiger partial charge is 0.258 e. The first kappa shape index (κ1) is 17.6. The predicted octanol–water partition coefficient (Wildman–Crippen LogP) is 3.17. The largest absolute Gasteiger partial charge is 0.383 e. The number of aromatic nitrogens is 5. The van der Waals surface area contributed by atoms with E-state index in [1.165, 1.54) is 0 Å². The highest BCUT2D eigenvalue weighted by molar-refractivity contribution is 5.75. The van der Waals surface area contributed by atoms with E-state index in [0.717, 1.165) is 42.6 Å². The number of nitrogens with two attached hydrogens (primary N) is 1. The van der Waals surface area contributed by atoms with Crippen molar-refractivity contribution < 1.29 is 4.52 Å². The lowest BCUT2D eigenvalue weighted by Gasteiger charge is -2.22. The highest BCUT2D eigenvalue weighted by Crippen LogP contribution is 2.30. The summed E-state index contributed by atoms with van der Waals surface area (Å²) in [6.07, 6.45) is 7.85. The maximum Gasteiger partial charge on any atom is 0.258 e. The Morgan fingerprint density at radius 3 is 2.69 bits per heavy atom. The second kappa shape index (κ2) is 7.48. The Morgan fingerprint density at radius 1 is 1.03 bits per heavy atom. The molecule has 0 amide bonds. The van der Waals surface area contributed by atoms with Gasteiger partial charge in [-0.05, 0) is 44.1 Å². The molecule has 0 unspecified atom stereocenters. The summed E-state index contributed by atoms with van der Waals surface area (Å²) in [5.74, 6) is 1.23. The number of anilines is 1. The molecule has 4 aromatic rings. The second-order valence-corrected chi connectivity index (χ2v) is 7.14. The lowest BCUT2D eigenvalue weighted by atomic mass is 10.1. The van der Waals surface area contributed by atoms with Gasteiger partial charge in [0.2, 0.25) is 5.82 Å². The van der Waals surface area contributed by atoms with Gasteiger partial charge in [-0.3, -0.25) is 4.68 Å². The van der Waals surface area contributed by atoms with Crippen LogP contribution in [0.1, 0.15) is 18.9 Å². The first-order valence-electron chi connectivity index (χ1n) is 9.68. The van der Waals surface area contributed by atoms with Gasteiger partial charge in [0.05, 0.1) is 17.8 Å². The fourth-order valence-electron chi connectivity index (χ4n) is 3.60. The first-order chi connectivity index (χ1) is 14.3. The molecule has 3 N–H and O–H groups in total. The molecule has 0 bridgehead atoms. The Bertz CT molecular complexity index is 1110. The number of nitrogen functional groups attached to an aromatic ring is 1. The van der Waals surface area contributed by atoms with Gasteiger partial charge in [-0.1, -0.05) is 23.4 Å². The molecule has 0 saturated carbocycles. The summed E-state index contributed by atoms with van der Waals surface area (Å²) in [7, 11) is 0. The third kappa shape index (κ3) is 3.50. The third-order valence-electron chi connectivity index (χ3n) is 5.22. The van der Waals surface area contributed by atoms with Crippen LogP contribution in [0.4, 0.5) is 5.82 Å². The quantitative estimate of drug-likeness (QED) is 0.554. The van der Waals surface area contributed by atoms with Gasteiger partial charge < -0.3 is 15.6 Å². The van der Waals surface area contributed by atoms with Crippen LogP contribution in [0.5, 0.6) is 0 Å². The number of hydrogen-bond acceptors (Lipinski definition) is 7. The Balaban J connectivity index is 1.45. The van der Waals surface area contributed by atoms with E-state index in [-0.39, 0.29) is 0 Å². The van der Waals surface area contributed by atoms with Crippen molar-refractivity contribution in [2.45, 2.75) is 18.9 Å². The fourth-order valence-corrected chi connectivity index (χ4v) is 3.60. The van der Waals surface area contributed by atoms with E-state index in [1.807, 2.05) is 47.3 Å². The van der Waals surface area contributed by atoms with Crippen molar-refractivity contribution in [3.63, 3.8) is 0 Å². The summed E-state index contributed by atoms with van der Waals surface area (Å²) in [5.41, 5.74) is 9.52. The topological polar surface area (TPSA) is 108 Å². The Hall–Kier alpha value is -3.52. The Labute approximate surface area is 167 Å². The zero-order valence-corrected chi connectivity index (χ0v) is 15.8. The van der Waals surface area contributed by atoms with Crippen LogP contribution in [0.25, 0.3) is 34.0 Å². The molecule has 0 spiro atoms. The van der Waals surface area contributed by atoms with Crippen molar-refractivity contribution in [2.24, 2.45) is 0 Å². The fraction of sp³-hybridized carbons (Fsp3) is 0.238. The molecule has 8 nitrogen and oxygen atoms in total. The molecule has 3 aromatic heterocycles. The van der Waals surface area contributed by atoms with Crippen molar-refractivity contribution in [1.29, 1.82) is 0 Å². The summed E-state index contributed by atoms with van der Waals surface area (Å²) in [4.78, 5) is 8.84. The highest BCUT2D eigenvalue weighted by atomic mass is 16.5. The first-order valence-corrected chi connectivity index (χ1v) is 9.68. The molecule has 1 fully saturated rings. The maximum absolute atomic E-state index is 6.11. The summed E-state index contributed by atoms with van der Waals surface area (Å²) in [5, 5.41) is 12.0. The summed E-state index contributed by atoms with van der Waals surface area (Å²) in [6, 6.07) is 12.0. The molecule has 0 radical (unpaired) electrons. The molecule has 0 aliphatic carbocycles. The molecule has 1 aliphatic rings. The van der Waals surface area contributed by atoms with Gasteiger partial charge in [0.25, 0.3) is 5.89 Å². The number of pyridine rings is 1. The van der Waals surface area contributed by atoms with Crippen LogP contribution < -0.4 is 11.1 Å². The van der Waals surface area contributed by atoms with Crippen LogP contribution in [0.15, 0.2) is 59.5 Å². The van der Waals surface area contributed by atoms with E-state index >= 15 is 0 Å². The molecule has 1 saturated heterocycles. The zero-order chi connectivity index (χ0) is 19.6.